The van der Waals surface area contributed by atoms with Gasteiger partial charge in [-0.2, -0.15) is 0 Å². The molecule has 0 fully saturated rings. The van der Waals surface area contributed by atoms with Gasteiger partial charge in [0.25, 0.3) is 0 Å². The molecule has 1 aromatic heterocycles. The van der Waals surface area contributed by atoms with E-state index < -0.39 is 0 Å². The fourth-order valence-electron chi connectivity index (χ4n) is 1.45. The molecule has 2 rings (SSSR count). The first kappa shape index (κ1) is 8.10. The largest absolute Gasteiger partial charge is 0.399 e. The van der Waals surface area contributed by atoms with E-state index in [9.17, 15) is 0 Å². The van der Waals surface area contributed by atoms with E-state index in [1.807, 2.05) is 18.2 Å². The minimum absolute atomic E-state index is 0.135. The molecule has 3 heteroatoms. The topological polar surface area (TPSA) is 52.0 Å². The van der Waals surface area contributed by atoms with Gasteiger partial charge in [-0.3, -0.25) is 0 Å². The highest BCUT2D eigenvalue weighted by atomic mass is 16.5. The Hall–Kier alpha value is -1.51. The van der Waals surface area contributed by atoms with E-state index in [0.29, 0.717) is 0 Å². The lowest BCUT2D eigenvalue weighted by Crippen LogP contribution is -2.12. The first-order chi connectivity index (χ1) is 6.09. The number of nitrogens with two attached hydrogens (primary N) is 1. The Labute approximate surface area is 76.9 Å². The van der Waals surface area contributed by atoms with Crippen LogP contribution in [-0.4, -0.2) is 5.16 Å². The molecule has 3 nitrogen and oxygen atoms in total. The Morgan fingerprint density at radius 3 is 3.00 bits per heavy atom. The molecule has 1 aliphatic carbocycles. The second-order valence-electron chi connectivity index (χ2n) is 3.81. The molecule has 0 aliphatic heterocycles. The van der Waals surface area contributed by atoms with Gasteiger partial charge in [-0.1, -0.05) is 11.2 Å². The van der Waals surface area contributed by atoms with E-state index in [4.69, 9.17) is 10.3 Å². The molecule has 0 bridgehead atoms. The third-order valence-electron chi connectivity index (χ3n) is 2.20. The van der Waals surface area contributed by atoms with Crippen LogP contribution in [0.2, 0.25) is 0 Å². The smallest absolute Gasteiger partial charge is 0.153 e. The SMILES string of the molecule is CC1(C)C=CC(N)=Cc2cnoc21. The molecule has 1 aromatic rings. The van der Waals surface area contributed by atoms with Crippen molar-refractivity contribution >= 4 is 6.08 Å². The highest BCUT2D eigenvalue weighted by molar-refractivity contribution is 5.59. The fourth-order valence-corrected chi connectivity index (χ4v) is 1.45. The van der Waals surface area contributed by atoms with Gasteiger partial charge in [-0.15, -0.1) is 0 Å². The average Bonchev–Trinajstić information content (AvgIpc) is 2.46. The van der Waals surface area contributed by atoms with Gasteiger partial charge in [0.15, 0.2) is 5.76 Å². The Bertz CT molecular complexity index is 385. The molecule has 0 amide bonds. The summed E-state index contributed by atoms with van der Waals surface area (Å²) in [5.74, 6) is 0.865. The molecule has 1 heterocycles. The van der Waals surface area contributed by atoms with Crippen molar-refractivity contribution in [2.24, 2.45) is 5.73 Å². The maximum atomic E-state index is 5.73. The van der Waals surface area contributed by atoms with Crippen LogP contribution in [0.4, 0.5) is 0 Å². The second kappa shape index (κ2) is 2.49. The van der Waals surface area contributed by atoms with Gasteiger partial charge in [0.1, 0.15) is 0 Å². The summed E-state index contributed by atoms with van der Waals surface area (Å²) >= 11 is 0. The van der Waals surface area contributed by atoms with E-state index in [2.05, 4.69) is 19.0 Å². The van der Waals surface area contributed by atoms with Crippen LogP contribution >= 0.6 is 0 Å². The number of hydrogen-bond donors (Lipinski definition) is 1. The van der Waals surface area contributed by atoms with Gasteiger partial charge in [-0.05, 0) is 26.0 Å². The van der Waals surface area contributed by atoms with Crippen LogP contribution in [0.5, 0.6) is 0 Å². The van der Waals surface area contributed by atoms with Crippen molar-refractivity contribution in [3.8, 4) is 0 Å². The number of hydrogen-bond acceptors (Lipinski definition) is 3. The second-order valence-corrected chi connectivity index (χ2v) is 3.81. The minimum atomic E-state index is -0.135. The van der Waals surface area contributed by atoms with Crippen LogP contribution in [0, 0.1) is 0 Å². The van der Waals surface area contributed by atoms with E-state index in [-0.39, 0.29) is 5.41 Å². The van der Waals surface area contributed by atoms with Crippen LogP contribution < -0.4 is 5.73 Å². The van der Waals surface area contributed by atoms with Crippen LogP contribution in [0.3, 0.4) is 0 Å². The zero-order valence-electron chi connectivity index (χ0n) is 7.74. The third kappa shape index (κ3) is 1.26. The summed E-state index contributed by atoms with van der Waals surface area (Å²) in [6.45, 7) is 4.14. The van der Waals surface area contributed by atoms with E-state index in [1.54, 1.807) is 6.20 Å². The van der Waals surface area contributed by atoms with Gasteiger partial charge < -0.3 is 10.3 Å². The normalized spacial score (nSPS) is 19.1. The van der Waals surface area contributed by atoms with Crippen LogP contribution in [0.25, 0.3) is 6.08 Å². The first-order valence-corrected chi connectivity index (χ1v) is 4.21. The molecule has 2 N–H and O–H groups in total. The molecular formula is C10H12N2O. The third-order valence-corrected chi connectivity index (χ3v) is 2.20. The lowest BCUT2D eigenvalue weighted by atomic mass is 9.88. The zero-order chi connectivity index (χ0) is 9.47. The Morgan fingerprint density at radius 2 is 2.23 bits per heavy atom. The van der Waals surface area contributed by atoms with Crippen molar-refractivity contribution in [1.29, 1.82) is 0 Å². The number of allylic oxidation sites excluding steroid dienone is 2. The van der Waals surface area contributed by atoms with E-state index in [0.717, 1.165) is 17.0 Å². The van der Waals surface area contributed by atoms with Crippen molar-refractivity contribution in [2.75, 3.05) is 0 Å². The lowest BCUT2D eigenvalue weighted by molar-refractivity contribution is 0.344. The predicted octanol–water partition coefficient (Wildman–Crippen LogP) is 1.82. The molecule has 0 unspecified atom stereocenters. The summed E-state index contributed by atoms with van der Waals surface area (Å²) in [6.07, 6.45) is 7.49. The molecule has 0 saturated carbocycles. The molecule has 0 radical (unpaired) electrons. The Balaban J connectivity index is 2.63. The maximum absolute atomic E-state index is 5.73. The van der Waals surface area contributed by atoms with Crippen LogP contribution in [-0.2, 0) is 5.41 Å². The number of aromatic nitrogens is 1. The molecule has 0 saturated heterocycles. The van der Waals surface area contributed by atoms with Crippen molar-refractivity contribution in [1.82, 2.24) is 5.16 Å². The fraction of sp³-hybridized carbons (Fsp3) is 0.300. The highest BCUT2D eigenvalue weighted by Gasteiger charge is 2.26. The monoisotopic (exact) mass is 176 g/mol. The maximum Gasteiger partial charge on any atom is 0.153 e. The summed E-state index contributed by atoms with van der Waals surface area (Å²) in [5.41, 5.74) is 7.30. The van der Waals surface area contributed by atoms with Gasteiger partial charge in [-0.25, -0.2) is 0 Å². The van der Waals surface area contributed by atoms with Crippen molar-refractivity contribution in [3.05, 3.63) is 35.4 Å². The summed E-state index contributed by atoms with van der Waals surface area (Å²) in [7, 11) is 0. The van der Waals surface area contributed by atoms with Crippen molar-refractivity contribution in [3.63, 3.8) is 0 Å². The summed E-state index contributed by atoms with van der Waals surface area (Å²) in [5, 5.41) is 3.77. The van der Waals surface area contributed by atoms with Crippen LogP contribution in [0.15, 0.2) is 28.6 Å². The van der Waals surface area contributed by atoms with Crippen molar-refractivity contribution in [2.45, 2.75) is 19.3 Å². The quantitative estimate of drug-likeness (QED) is 0.656. The molecule has 0 spiro atoms. The highest BCUT2D eigenvalue weighted by Crippen LogP contribution is 2.31. The molecular weight excluding hydrogens is 164 g/mol. The van der Waals surface area contributed by atoms with Gasteiger partial charge >= 0.3 is 0 Å². The van der Waals surface area contributed by atoms with E-state index >= 15 is 0 Å². The van der Waals surface area contributed by atoms with E-state index in [1.165, 1.54) is 0 Å². The number of fused-ring (bicyclic) bond motifs is 1. The molecule has 0 atom stereocenters. The summed E-state index contributed by atoms with van der Waals surface area (Å²) in [4.78, 5) is 0. The molecule has 13 heavy (non-hydrogen) atoms. The zero-order valence-corrected chi connectivity index (χ0v) is 7.74. The van der Waals surface area contributed by atoms with Gasteiger partial charge in [0.2, 0.25) is 0 Å². The Kier molecular flexibility index (Phi) is 1.55. The predicted molar refractivity (Wildman–Crippen MR) is 50.8 cm³/mol. The van der Waals surface area contributed by atoms with Gasteiger partial charge in [0.05, 0.1) is 6.20 Å². The minimum Gasteiger partial charge on any atom is -0.399 e. The lowest BCUT2D eigenvalue weighted by Gasteiger charge is -2.15. The molecule has 68 valence electrons. The molecule has 0 aromatic carbocycles. The molecule has 1 aliphatic rings. The number of rotatable bonds is 0. The average molecular weight is 176 g/mol. The standard InChI is InChI=1S/C10H12N2O/c1-10(2)4-3-8(11)5-7-6-12-13-9(7)10/h3-6H,11H2,1-2H3. The summed E-state index contributed by atoms with van der Waals surface area (Å²) in [6, 6.07) is 0. The van der Waals surface area contributed by atoms with Crippen LogP contribution in [0.1, 0.15) is 25.2 Å². The number of nitrogens with zero attached hydrogens (tertiary/aromatic N) is 1. The Morgan fingerprint density at radius 1 is 1.46 bits per heavy atom. The van der Waals surface area contributed by atoms with Crippen molar-refractivity contribution < 1.29 is 4.52 Å². The first-order valence-electron chi connectivity index (χ1n) is 4.21. The summed E-state index contributed by atoms with van der Waals surface area (Å²) < 4.78 is 5.20. The van der Waals surface area contributed by atoms with Gasteiger partial charge in [0, 0.05) is 16.7 Å².